The number of fused-ring (bicyclic) bond motifs is 1. The van der Waals surface area contributed by atoms with Crippen LogP contribution in [0, 0.1) is 5.92 Å². The predicted octanol–water partition coefficient (Wildman–Crippen LogP) is 2.00. The highest BCUT2D eigenvalue weighted by atomic mass is 16.5. The molecule has 1 fully saturated rings. The normalized spacial score (nSPS) is 24.0. The fraction of sp³-hybridized carbons (Fsp3) is 0.588. The van der Waals surface area contributed by atoms with Crippen molar-refractivity contribution in [1.29, 1.82) is 0 Å². The Kier molecular flexibility index (Phi) is 4.10. The van der Waals surface area contributed by atoms with Gasteiger partial charge in [-0.25, -0.2) is 9.67 Å². The molecule has 2 atom stereocenters. The Labute approximate surface area is 141 Å². The van der Waals surface area contributed by atoms with Crippen LogP contribution in [0.1, 0.15) is 38.1 Å². The summed E-state index contributed by atoms with van der Waals surface area (Å²) in [4.78, 5) is 19.6. The van der Waals surface area contributed by atoms with E-state index in [9.17, 15) is 4.79 Å². The number of rotatable bonds is 3. The summed E-state index contributed by atoms with van der Waals surface area (Å²) < 4.78 is 9.98. The molecule has 2 aromatic heterocycles. The van der Waals surface area contributed by atoms with Gasteiger partial charge in [-0.1, -0.05) is 0 Å². The second-order valence-corrected chi connectivity index (χ2v) is 6.37. The van der Waals surface area contributed by atoms with Crippen molar-refractivity contribution < 1.29 is 9.53 Å². The van der Waals surface area contributed by atoms with Gasteiger partial charge in [0.1, 0.15) is 17.7 Å². The summed E-state index contributed by atoms with van der Waals surface area (Å²) in [7, 11) is 0. The molecule has 2 aliphatic heterocycles. The summed E-state index contributed by atoms with van der Waals surface area (Å²) in [6.45, 7) is 5.20. The number of carbonyl (C=O) groups is 1. The molecule has 7 heteroatoms. The Morgan fingerprint density at radius 1 is 1.33 bits per heavy atom. The van der Waals surface area contributed by atoms with Gasteiger partial charge >= 0.3 is 0 Å². The van der Waals surface area contributed by atoms with E-state index in [0.717, 1.165) is 50.5 Å². The van der Waals surface area contributed by atoms with Gasteiger partial charge in [0.25, 0.3) is 0 Å². The third-order valence-corrected chi connectivity index (χ3v) is 4.97. The first-order valence-electron chi connectivity index (χ1n) is 8.75. The molecule has 0 N–H and O–H groups in total. The molecule has 0 aliphatic carbocycles. The summed E-state index contributed by atoms with van der Waals surface area (Å²) in [5.74, 6) is 1.70. The highest BCUT2D eigenvalue weighted by Crippen LogP contribution is 2.35. The van der Waals surface area contributed by atoms with Gasteiger partial charge in [0.2, 0.25) is 5.91 Å². The molecule has 1 amide bonds. The van der Waals surface area contributed by atoms with Crippen molar-refractivity contribution in [3.63, 3.8) is 0 Å². The van der Waals surface area contributed by atoms with Crippen molar-refractivity contribution in [2.45, 2.75) is 45.4 Å². The Bertz CT molecular complexity index is 722. The number of amides is 1. The molecular weight excluding hydrogens is 306 g/mol. The Balaban J connectivity index is 1.63. The number of hydrogen-bond acceptors (Lipinski definition) is 4. The fourth-order valence-electron chi connectivity index (χ4n) is 3.78. The lowest BCUT2D eigenvalue weighted by atomic mass is 9.91. The minimum Gasteiger partial charge on any atom is -0.369 e. The number of aromatic nitrogens is 4. The largest absolute Gasteiger partial charge is 0.369 e. The van der Waals surface area contributed by atoms with Gasteiger partial charge in [0.05, 0.1) is 12.1 Å². The molecule has 0 unspecified atom stereocenters. The molecule has 0 spiro atoms. The Morgan fingerprint density at radius 3 is 3.12 bits per heavy atom. The molecule has 4 heterocycles. The van der Waals surface area contributed by atoms with Crippen LogP contribution in [0.25, 0.3) is 0 Å². The quantitative estimate of drug-likeness (QED) is 0.864. The number of hydrogen-bond donors (Lipinski definition) is 0. The monoisotopic (exact) mass is 329 g/mol. The molecule has 0 aromatic carbocycles. The maximum absolute atomic E-state index is 13.3. The molecule has 24 heavy (non-hydrogen) atoms. The lowest BCUT2D eigenvalue weighted by Gasteiger charge is -2.36. The van der Waals surface area contributed by atoms with Crippen molar-refractivity contribution in [3.8, 4) is 0 Å². The van der Waals surface area contributed by atoms with Crippen LogP contribution in [-0.2, 0) is 22.6 Å². The van der Waals surface area contributed by atoms with Crippen LogP contribution in [0.2, 0.25) is 0 Å². The summed E-state index contributed by atoms with van der Waals surface area (Å²) in [5, 5.41) is 4.31. The Morgan fingerprint density at radius 2 is 2.25 bits per heavy atom. The molecule has 128 valence electrons. The van der Waals surface area contributed by atoms with Gasteiger partial charge < -0.3 is 9.30 Å². The standard InChI is InChI=1S/C17H23N5O2/c1-2-20-11-8-18-16(20)15-13(5-3-12-24-15)17(23)21-9-4-10-22-14(21)6-7-19-22/h6-8,11,13,15H,2-5,9-10,12H2,1H3/t13-,15-/m1/s1. The van der Waals surface area contributed by atoms with Crippen molar-refractivity contribution in [3.05, 3.63) is 30.5 Å². The lowest BCUT2D eigenvalue weighted by Crippen LogP contribution is -2.44. The summed E-state index contributed by atoms with van der Waals surface area (Å²) in [6.07, 6.45) is 7.91. The highest BCUT2D eigenvalue weighted by Gasteiger charge is 2.39. The van der Waals surface area contributed by atoms with E-state index in [4.69, 9.17) is 4.74 Å². The molecule has 4 rings (SSSR count). The van der Waals surface area contributed by atoms with E-state index in [1.807, 2.05) is 21.8 Å². The third-order valence-electron chi connectivity index (χ3n) is 4.97. The molecule has 7 nitrogen and oxygen atoms in total. The molecule has 1 saturated heterocycles. The van der Waals surface area contributed by atoms with Crippen LogP contribution >= 0.6 is 0 Å². The number of anilines is 1. The first-order chi connectivity index (χ1) is 11.8. The van der Waals surface area contributed by atoms with Crippen LogP contribution in [0.4, 0.5) is 5.82 Å². The average Bonchev–Trinajstić information content (AvgIpc) is 3.29. The minimum absolute atomic E-state index is 0.131. The topological polar surface area (TPSA) is 65.2 Å². The van der Waals surface area contributed by atoms with Crippen LogP contribution in [0.3, 0.4) is 0 Å². The van der Waals surface area contributed by atoms with Crippen molar-refractivity contribution >= 4 is 11.7 Å². The fourth-order valence-corrected chi connectivity index (χ4v) is 3.78. The van der Waals surface area contributed by atoms with Gasteiger partial charge in [0, 0.05) is 44.7 Å². The van der Waals surface area contributed by atoms with Gasteiger partial charge in [0.15, 0.2) is 0 Å². The van der Waals surface area contributed by atoms with Crippen LogP contribution < -0.4 is 4.90 Å². The predicted molar refractivity (Wildman–Crippen MR) is 88.5 cm³/mol. The smallest absolute Gasteiger partial charge is 0.234 e. The molecule has 0 bridgehead atoms. The van der Waals surface area contributed by atoms with Crippen LogP contribution in [0.5, 0.6) is 0 Å². The van der Waals surface area contributed by atoms with Gasteiger partial charge in [-0.05, 0) is 26.2 Å². The van der Waals surface area contributed by atoms with Gasteiger partial charge in [-0.15, -0.1) is 0 Å². The first kappa shape index (κ1) is 15.4. The van der Waals surface area contributed by atoms with E-state index >= 15 is 0 Å². The number of nitrogens with zero attached hydrogens (tertiary/aromatic N) is 5. The molecule has 2 aliphatic rings. The summed E-state index contributed by atoms with van der Waals surface area (Å²) >= 11 is 0. The zero-order valence-corrected chi connectivity index (χ0v) is 14.0. The number of carbonyl (C=O) groups excluding carboxylic acids is 1. The SMILES string of the molecule is CCn1ccnc1[C@@H]1OCCC[C@H]1C(=O)N1CCCn2nccc21. The van der Waals surface area contributed by atoms with E-state index in [1.54, 1.807) is 12.4 Å². The average molecular weight is 329 g/mol. The van der Waals surface area contributed by atoms with Crippen LogP contribution in [0.15, 0.2) is 24.7 Å². The minimum atomic E-state index is -0.264. The van der Waals surface area contributed by atoms with E-state index < -0.39 is 0 Å². The Hall–Kier alpha value is -2.15. The molecule has 2 aromatic rings. The van der Waals surface area contributed by atoms with E-state index in [-0.39, 0.29) is 17.9 Å². The molecule has 0 saturated carbocycles. The first-order valence-corrected chi connectivity index (χ1v) is 8.75. The van der Waals surface area contributed by atoms with Crippen LogP contribution in [-0.4, -0.2) is 38.4 Å². The second-order valence-electron chi connectivity index (χ2n) is 6.37. The third kappa shape index (κ3) is 2.53. The summed E-state index contributed by atoms with van der Waals surface area (Å²) in [6, 6.07) is 1.92. The van der Waals surface area contributed by atoms with E-state index in [0.29, 0.717) is 6.61 Å². The van der Waals surface area contributed by atoms with Crippen molar-refractivity contribution in [2.75, 3.05) is 18.1 Å². The molecule has 0 radical (unpaired) electrons. The number of aryl methyl sites for hydroxylation is 2. The number of imidazole rings is 1. The van der Waals surface area contributed by atoms with Gasteiger partial charge in [-0.3, -0.25) is 9.69 Å². The van der Waals surface area contributed by atoms with Crippen molar-refractivity contribution in [1.82, 2.24) is 19.3 Å². The maximum atomic E-state index is 13.3. The van der Waals surface area contributed by atoms with E-state index in [1.165, 1.54) is 0 Å². The zero-order valence-electron chi connectivity index (χ0n) is 14.0. The highest BCUT2D eigenvalue weighted by molar-refractivity contribution is 5.95. The lowest BCUT2D eigenvalue weighted by molar-refractivity contribution is -0.132. The molecular formula is C17H23N5O2. The second kappa shape index (κ2) is 6.39. The number of ether oxygens (including phenoxy) is 1. The van der Waals surface area contributed by atoms with Crippen molar-refractivity contribution in [2.24, 2.45) is 5.92 Å². The van der Waals surface area contributed by atoms with Gasteiger partial charge in [-0.2, -0.15) is 5.10 Å². The maximum Gasteiger partial charge on any atom is 0.234 e. The van der Waals surface area contributed by atoms with E-state index in [2.05, 4.69) is 21.6 Å². The summed E-state index contributed by atoms with van der Waals surface area (Å²) in [5.41, 5.74) is 0. The zero-order chi connectivity index (χ0) is 16.5.